The van der Waals surface area contributed by atoms with E-state index in [9.17, 15) is 9.90 Å². The third-order valence-corrected chi connectivity index (χ3v) is 3.71. The first-order valence-electron chi connectivity index (χ1n) is 6.32. The van der Waals surface area contributed by atoms with E-state index < -0.39 is 5.97 Å². The number of aryl methyl sites for hydroxylation is 1. The van der Waals surface area contributed by atoms with Crippen molar-refractivity contribution in [2.24, 2.45) is 0 Å². The summed E-state index contributed by atoms with van der Waals surface area (Å²) in [6.07, 6.45) is 2.49. The van der Waals surface area contributed by atoms with Crippen molar-refractivity contribution in [3.63, 3.8) is 0 Å². The number of rotatable bonds is 3. The fourth-order valence-corrected chi connectivity index (χ4v) is 2.66. The minimum Gasteiger partial charge on any atom is -0.478 e. The van der Waals surface area contributed by atoms with Crippen LogP contribution in [0.5, 0.6) is 11.5 Å². The van der Waals surface area contributed by atoms with Gasteiger partial charge in [0.05, 0.1) is 15.6 Å². The number of nitrogens with zero attached hydrogens (tertiary/aromatic N) is 1. The topological polar surface area (TPSA) is 60.7 Å². The van der Waals surface area contributed by atoms with Gasteiger partial charge in [0, 0.05) is 24.2 Å². The average molecular weight is 291 g/mol. The molecule has 2 heterocycles. The molecule has 20 heavy (non-hydrogen) atoms. The Kier molecular flexibility index (Phi) is 3.10. The molecule has 0 spiro atoms. The average Bonchev–Trinajstić information content (AvgIpc) is 2.87. The number of aromatic nitrogens is 1. The zero-order valence-corrected chi connectivity index (χ0v) is 11.7. The molecule has 0 saturated heterocycles. The van der Waals surface area contributed by atoms with Gasteiger partial charge < -0.3 is 19.1 Å². The van der Waals surface area contributed by atoms with Crippen molar-refractivity contribution < 1.29 is 19.4 Å². The molecule has 0 unspecified atom stereocenters. The molecule has 104 valence electrons. The molecule has 1 aromatic carbocycles. The third-order valence-electron chi connectivity index (χ3n) is 3.27. The summed E-state index contributed by atoms with van der Waals surface area (Å²) in [4.78, 5) is 11.3. The largest absolute Gasteiger partial charge is 0.478 e. The van der Waals surface area contributed by atoms with Crippen LogP contribution in [0, 0.1) is 4.51 Å². The van der Waals surface area contributed by atoms with Crippen molar-refractivity contribution in [2.75, 3.05) is 6.79 Å². The molecule has 1 N–H and O–H groups in total. The van der Waals surface area contributed by atoms with Gasteiger partial charge in [-0.05, 0) is 12.5 Å². The Hall–Kier alpha value is -2.08. The Labute approximate surface area is 120 Å². The van der Waals surface area contributed by atoms with Gasteiger partial charge in [-0.1, -0.05) is 19.1 Å². The van der Waals surface area contributed by atoms with Crippen LogP contribution in [0.1, 0.15) is 23.7 Å². The van der Waals surface area contributed by atoms with E-state index in [1.165, 1.54) is 0 Å². The van der Waals surface area contributed by atoms with Crippen LogP contribution in [-0.4, -0.2) is 22.4 Å². The molecular weight excluding hydrogens is 278 g/mol. The summed E-state index contributed by atoms with van der Waals surface area (Å²) in [5.41, 5.74) is 1.01. The maximum absolute atomic E-state index is 11.3. The van der Waals surface area contributed by atoms with Gasteiger partial charge in [-0.2, -0.15) is 0 Å². The molecule has 0 amide bonds. The summed E-state index contributed by atoms with van der Waals surface area (Å²) in [5.74, 6) is 0.258. The van der Waals surface area contributed by atoms with Crippen LogP contribution in [0.15, 0.2) is 18.3 Å². The van der Waals surface area contributed by atoms with E-state index in [0.29, 0.717) is 27.9 Å². The molecular formula is C14H13NO4S. The zero-order valence-electron chi connectivity index (χ0n) is 10.9. The van der Waals surface area contributed by atoms with Crippen LogP contribution < -0.4 is 9.47 Å². The van der Waals surface area contributed by atoms with Gasteiger partial charge in [-0.3, -0.25) is 0 Å². The van der Waals surface area contributed by atoms with Crippen LogP contribution >= 0.6 is 12.2 Å². The normalized spacial score (nSPS) is 12.8. The number of carboxylic acid groups (broad SMARTS) is 1. The number of aromatic carboxylic acids is 1. The van der Waals surface area contributed by atoms with E-state index in [-0.39, 0.29) is 12.4 Å². The van der Waals surface area contributed by atoms with Crippen LogP contribution in [0.3, 0.4) is 0 Å². The number of carbonyl (C=O) groups is 1. The van der Waals surface area contributed by atoms with Gasteiger partial charge in [0.1, 0.15) is 0 Å². The van der Waals surface area contributed by atoms with Crippen molar-refractivity contribution >= 4 is 29.1 Å². The van der Waals surface area contributed by atoms with Crippen LogP contribution in [-0.2, 0) is 6.54 Å². The molecule has 0 atom stereocenters. The number of hydrogen-bond acceptors (Lipinski definition) is 4. The first-order valence-corrected chi connectivity index (χ1v) is 6.72. The van der Waals surface area contributed by atoms with E-state index in [2.05, 4.69) is 0 Å². The highest BCUT2D eigenvalue weighted by molar-refractivity contribution is 7.71. The summed E-state index contributed by atoms with van der Waals surface area (Å²) in [6, 6.07) is 3.62. The molecule has 0 bridgehead atoms. The minimum absolute atomic E-state index is 0.139. The summed E-state index contributed by atoms with van der Waals surface area (Å²) >= 11 is 5.29. The number of fused-ring (bicyclic) bond motifs is 2. The van der Waals surface area contributed by atoms with Gasteiger partial charge in [-0.15, -0.1) is 0 Å². The summed E-state index contributed by atoms with van der Waals surface area (Å²) < 4.78 is 12.9. The number of benzene rings is 1. The molecule has 0 fully saturated rings. The lowest BCUT2D eigenvalue weighted by Crippen LogP contribution is -2.07. The van der Waals surface area contributed by atoms with Gasteiger partial charge in [0.25, 0.3) is 0 Å². The fraction of sp³-hybridized carbons (Fsp3) is 0.286. The van der Waals surface area contributed by atoms with Crippen molar-refractivity contribution in [1.29, 1.82) is 0 Å². The highest BCUT2D eigenvalue weighted by Crippen LogP contribution is 2.37. The van der Waals surface area contributed by atoms with Crippen LogP contribution in [0.2, 0.25) is 0 Å². The SMILES string of the molecule is CCCn1cc(C(=O)O)c(=S)c2cc3c(cc21)OCO3. The van der Waals surface area contributed by atoms with Gasteiger partial charge in [0.15, 0.2) is 11.5 Å². The Morgan fingerprint density at radius 1 is 1.40 bits per heavy atom. The van der Waals surface area contributed by atoms with E-state index in [1.807, 2.05) is 17.6 Å². The summed E-state index contributed by atoms with van der Waals surface area (Å²) in [7, 11) is 0. The standard InChI is InChI=1S/C14H13NO4S/c1-2-3-15-6-9(14(16)17)13(20)8-4-11-12(5-10(8)15)19-7-18-11/h4-6H,2-3,7H2,1H3,(H,16,17). The third kappa shape index (κ3) is 1.92. The number of carboxylic acids is 1. The van der Waals surface area contributed by atoms with E-state index in [0.717, 1.165) is 11.9 Å². The smallest absolute Gasteiger partial charge is 0.338 e. The highest BCUT2D eigenvalue weighted by Gasteiger charge is 2.18. The molecule has 1 aromatic heterocycles. The number of hydrogen-bond donors (Lipinski definition) is 1. The molecule has 0 radical (unpaired) electrons. The quantitative estimate of drug-likeness (QED) is 0.880. The molecule has 5 nitrogen and oxygen atoms in total. The Balaban J connectivity index is 2.38. The molecule has 1 aliphatic rings. The van der Waals surface area contributed by atoms with Crippen molar-refractivity contribution in [3.05, 3.63) is 28.4 Å². The molecule has 0 saturated carbocycles. The first-order chi connectivity index (χ1) is 9.61. The Morgan fingerprint density at radius 3 is 2.75 bits per heavy atom. The predicted molar refractivity (Wildman–Crippen MR) is 76.1 cm³/mol. The Morgan fingerprint density at radius 2 is 2.10 bits per heavy atom. The number of pyridine rings is 1. The van der Waals surface area contributed by atoms with Crippen molar-refractivity contribution in [2.45, 2.75) is 19.9 Å². The van der Waals surface area contributed by atoms with Crippen LogP contribution in [0.25, 0.3) is 10.9 Å². The first kappa shape index (κ1) is 12.9. The van der Waals surface area contributed by atoms with E-state index in [4.69, 9.17) is 21.7 Å². The lowest BCUT2D eigenvalue weighted by atomic mass is 10.1. The molecule has 3 rings (SSSR count). The molecule has 0 aliphatic carbocycles. The maximum Gasteiger partial charge on any atom is 0.338 e. The lowest BCUT2D eigenvalue weighted by molar-refractivity contribution is 0.0695. The molecule has 6 heteroatoms. The van der Waals surface area contributed by atoms with Crippen molar-refractivity contribution in [1.82, 2.24) is 4.57 Å². The molecule has 1 aliphatic heterocycles. The van der Waals surface area contributed by atoms with Crippen molar-refractivity contribution in [3.8, 4) is 11.5 Å². The Bertz CT molecular complexity index is 766. The second kappa shape index (κ2) is 4.79. The summed E-state index contributed by atoms with van der Waals surface area (Å²) in [5, 5.41) is 9.98. The highest BCUT2D eigenvalue weighted by atomic mass is 32.1. The van der Waals surface area contributed by atoms with Gasteiger partial charge >= 0.3 is 5.97 Å². The summed E-state index contributed by atoms with van der Waals surface area (Å²) in [6.45, 7) is 2.93. The zero-order chi connectivity index (χ0) is 14.3. The lowest BCUT2D eigenvalue weighted by Gasteiger charge is -2.13. The minimum atomic E-state index is -1.01. The fourth-order valence-electron chi connectivity index (χ4n) is 2.36. The second-order valence-corrected chi connectivity index (χ2v) is 5.00. The van der Waals surface area contributed by atoms with Gasteiger partial charge in [-0.25, -0.2) is 4.79 Å². The van der Waals surface area contributed by atoms with Crippen LogP contribution in [0.4, 0.5) is 0 Å². The maximum atomic E-state index is 11.3. The van der Waals surface area contributed by atoms with E-state index in [1.54, 1.807) is 12.3 Å². The number of ether oxygens (including phenoxy) is 2. The monoisotopic (exact) mass is 291 g/mol. The van der Waals surface area contributed by atoms with E-state index >= 15 is 0 Å². The molecule has 2 aromatic rings. The second-order valence-electron chi connectivity index (χ2n) is 4.59. The predicted octanol–water partition coefficient (Wildman–Crippen LogP) is 3.21. The van der Waals surface area contributed by atoms with Gasteiger partial charge in [0.2, 0.25) is 6.79 Å².